The maximum atomic E-state index is 13.4. The molecule has 1 fully saturated rings. The van der Waals surface area contributed by atoms with E-state index in [0.29, 0.717) is 18.6 Å². The highest BCUT2D eigenvalue weighted by Gasteiger charge is 2.26. The highest BCUT2D eigenvalue weighted by atomic mass is 35.5. The van der Waals surface area contributed by atoms with E-state index >= 15 is 0 Å². The first kappa shape index (κ1) is 13.5. The fraction of sp³-hybridized carbons (Fsp3) is 0.667. The molecule has 0 radical (unpaired) electrons. The summed E-state index contributed by atoms with van der Waals surface area (Å²) >= 11 is 5.63. The fourth-order valence-electron chi connectivity index (χ4n) is 2.38. The van der Waals surface area contributed by atoms with Crippen molar-refractivity contribution in [2.24, 2.45) is 0 Å². The topological polar surface area (TPSA) is 41.1 Å². The van der Waals surface area contributed by atoms with Gasteiger partial charge in [-0.1, -0.05) is 0 Å². The second kappa shape index (κ2) is 5.80. The molecule has 1 aliphatic rings. The minimum absolute atomic E-state index is 0.0607. The third kappa shape index (κ3) is 3.09. The number of nitrogens with zero attached hydrogens (tertiary/aromatic N) is 3. The van der Waals surface area contributed by atoms with E-state index in [4.69, 9.17) is 11.6 Å². The lowest BCUT2D eigenvalue weighted by Crippen LogP contribution is -2.31. The average Bonchev–Trinajstić information content (AvgIpc) is 2.65. The van der Waals surface area contributed by atoms with Crippen molar-refractivity contribution in [1.29, 1.82) is 0 Å². The van der Waals surface area contributed by atoms with E-state index in [0.717, 1.165) is 12.6 Å². The quantitative estimate of drug-likeness (QED) is 0.856. The van der Waals surface area contributed by atoms with Crippen molar-refractivity contribution in [3.63, 3.8) is 0 Å². The normalized spacial score (nSPS) is 24.4. The third-order valence-electron chi connectivity index (χ3n) is 3.67. The van der Waals surface area contributed by atoms with Crippen molar-refractivity contribution in [2.75, 3.05) is 18.9 Å². The average molecular weight is 273 g/mol. The molecule has 0 bridgehead atoms. The molecule has 0 spiro atoms. The van der Waals surface area contributed by atoms with Crippen LogP contribution in [0.1, 0.15) is 26.2 Å². The van der Waals surface area contributed by atoms with Crippen molar-refractivity contribution >= 4 is 17.4 Å². The number of likely N-dealkylation sites (tertiary alicyclic amines) is 1. The summed E-state index contributed by atoms with van der Waals surface area (Å²) in [5.41, 5.74) is 0. The Kier molecular flexibility index (Phi) is 4.35. The molecule has 2 rings (SSSR count). The summed E-state index contributed by atoms with van der Waals surface area (Å²) in [6.45, 7) is 2.92. The van der Waals surface area contributed by atoms with E-state index in [1.54, 1.807) is 0 Å². The van der Waals surface area contributed by atoms with Crippen molar-refractivity contribution in [3.8, 4) is 0 Å². The summed E-state index contributed by atoms with van der Waals surface area (Å²) in [7, 11) is 2.14. The van der Waals surface area contributed by atoms with Crippen LogP contribution in [0.4, 0.5) is 10.2 Å². The van der Waals surface area contributed by atoms with Crippen LogP contribution in [-0.2, 0) is 0 Å². The first-order valence-corrected chi connectivity index (χ1v) is 6.59. The minimum atomic E-state index is -0.465. The van der Waals surface area contributed by atoms with Gasteiger partial charge in [-0.3, -0.25) is 0 Å². The van der Waals surface area contributed by atoms with Gasteiger partial charge in [0, 0.05) is 18.6 Å². The summed E-state index contributed by atoms with van der Waals surface area (Å²) in [4.78, 5) is 9.78. The van der Waals surface area contributed by atoms with Crippen LogP contribution >= 0.6 is 11.6 Å². The second-order valence-electron chi connectivity index (χ2n) is 4.80. The molecule has 0 aromatic carbocycles. The van der Waals surface area contributed by atoms with Gasteiger partial charge in [0.25, 0.3) is 0 Å². The molecule has 4 nitrogen and oxygen atoms in total. The van der Waals surface area contributed by atoms with Gasteiger partial charge in [0.05, 0.1) is 6.20 Å². The Balaban J connectivity index is 1.83. The largest absolute Gasteiger partial charge is 0.367 e. The zero-order valence-electron chi connectivity index (χ0n) is 10.7. The summed E-state index contributed by atoms with van der Waals surface area (Å²) in [6, 6.07) is 1.20. The zero-order valence-corrected chi connectivity index (χ0v) is 11.4. The Hall–Kier alpha value is -0.940. The Labute approximate surface area is 112 Å². The number of hydrogen-bond donors (Lipinski definition) is 1. The molecule has 1 aromatic heterocycles. The Morgan fingerprint density at radius 3 is 3.00 bits per heavy atom. The maximum absolute atomic E-state index is 13.4. The van der Waals surface area contributed by atoms with Crippen LogP contribution < -0.4 is 5.32 Å². The number of rotatable bonds is 4. The fourth-order valence-corrected chi connectivity index (χ4v) is 2.51. The summed E-state index contributed by atoms with van der Waals surface area (Å²) in [5, 5.41) is 3.04. The van der Waals surface area contributed by atoms with E-state index in [1.165, 1.54) is 12.8 Å². The standard InChI is InChI=1S/C12H18ClFN4/c1-8-3-4-9(18(8)2)5-6-15-11-10(14)7-16-12(13)17-11/h7-9H,3-6H2,1-2H3,(H,15,16,17). The van der Waals surface area contributed by atoms with Crippen LogP contribution in [0.15, 0.2) is 6.20 Å². The highest BCUT2D eigenvalue weighted by molar-refractivity contribution is 6.28. The molecule has 18 heavy (non-hydrogen) atoms. The van der Waals surface area contributed by atoms with Gasteiger partial charge in [0.1, 0.15) is 0 Å². The molecule has 0 aliphatic carbocycles. The van der Waals surface area contributed by atoms with E-state index in [1.807, 2.05) is 0 Å². The molecule has 2 atom stereocenters. The molecule has 2 heterocycles. The molecule has 1 aromatic rings. The maximum Gasteiger partial charge on any atom is 0.224 e. The minimum Gasteiger partial charge on any atom is -0.367 e. The zero-order chi connectivity index (χ0) is 13.1. The van der Waals surface area contributed by atoms with Gasteiger partial charge >= 0.3 is 0 Å². The van der Waals surface area contributed by atoms with Gasteiger partial charge < -0.3 is 10.2 Å². The summed E-state index contributed by atoms with van der Waals surface area (Å²) in [5.74, 6) is -0.281. The summed E-state index contributed by atoms with van der Waals surface area (Å²) < 4.78 is 13.4. The molecule has 100 valence electrons. The highest BCUT2D eigenvalue weighted by Crippen LogP contribution is 2.24. The van der Waals surface area contributed by atoms with E-state index in [9.17, 15) is 4.39 Å². The molecular formula is C12H18ClFN4. The van der Waals surface area contributed by atoms with Gasteiger partial charge in [-0.05, 0) is 44.8 Å². The Morgan fingerprint density at radius 1 is 1.56 bits per heavy atom. The molecule has 2 unspecified atom stereocenters. The van der Waals surface area contributed by atoms with Crippen molar-refractivity contribution in [3.05, 3.63) is 17.3 Å². The van der Waals surface area contributed by atoms with E-state index in [-0.39, 0.29) is 11.1 Å². The second-order valence-corrected chi connectivity index (χ2v) is 5.13. The van der Waals surface area contributed by atoms with Gasteiger partial charge in [-0.2, -0.15) is 4.98 Å². The molecule has 1 aliphatic heterocycles. The first-order valence-electron chi connectivity index (χ1n) is 6.21. The lowest BCUT2D eigenvalue weighted by Gasteiger charge is -2.23. The third-order valence-corrected chi connectivity index (χ3v) is 3.86. The van der Waals surface area contributed by atoms with Crippen molar-refractivity contribution < 1.29 is 4.39 Å². The molecule has 1 saturated heterocycles. The smallest absolute Gasteiger partial charge is 0.224 e. The van der Waals surface area contributed by atoms with Gasteiger partial charge in [-0.25, -0.2) is 9.37 Å². The molecule has 6 heteroatoms. The molecule has 0 amide bonds. The number of halogens is 2. The van der Waals surface area contributed by atoms with Gasteiger partial charge in [0.15, 0.2) is 11.6 Å². The van der Waals surface area contributed by atoms with Crippen LogP contribution in [0.5, 0.6) is 0 Å². The Morgan fingerprint density at radius 2 is 2.33 bits per heavy atom. The van der Waals surface area contributed by atoms with Gasteiger partial charge in [0.2, 0.25) is 5.28 Å². The molecular weight excluding hydrogens is 255 g/mol. The van der Waals surface area contributed by atoms with Crippen LogP contribution in [0.2, 0.25) is 5.28 Å². The van der Waals surface area contributed by atoms with Crippen molar-refractivity contribution in [2.45, 2.75) is 38.3 Å². The van der Waals surface area contributed by atoms with Crippen LogP contribution in [0.3, 0.4) is 0 Å². The Bertz CT molecular complexity index is 415. The molecule has 0 saturated carbocycles. The lowest BCUT2D eigenvalue weighted by molar-refractivity contribution is 0.246. The van der Waals surface area contributed by atoms with Crippen LogP contribution in [0.25, 0.3) is 0 Å². The first-order chi connectivity index (χ1) is 8.58. The predicted molar refractivity (Wildman–Crippen MR) is 70.4 cm³/mol. The van der Waals surface area contributed by atoms with E-state index < -0.39 is 5.82 Å². The van der Waals surface area contributed by atoms with Crippen LogP contribution in [0, 0.1) is 5.82 Å². The molecule has 1 N–H and O–H groups in total. The number of hydrogen-bond acceptors (Lipinski definition) is 4. The predicted octanol–water partition coefficient (Wildman–Crippen LogP) is 2.55. The lowest BCUT2D eigenvalue weighted by atomic mass is 10.1. The SMILES string of the molecule is CC1CCC(CCNc2nc(Cl)ncc2F)N1C. The monoisotopic (exact) mass is 272 g/mol. The van der Waals surface area contributed by atoms with Crippen molar-refractivity contribution in [1.82, 2.24) is 14.9 Å². The number of anilines is 1. The number of aromatic nitrogens is 2. The van der Waals surface area contributed by atoms with E-state index in [2.05, 4.69) is 34.2 Å². The van der Waals surface area contributed by atoms with Crippen LogP contribution in [-0.4, -0.2) is 40.5 Å². The van der Waals surface area contributed by atoms with Gasteiger partial charge in [-0.15, -0.1) is 0 Å². The number of nitrogens with one attached hydrogen (secondary N) is 1. The summed E-state index contributed by atoms with van der Waals surface area (Å²) in [6.07, 6.45) is 4.49.